The van der Waals surface area contributed by atoms with Crippen LogP contribution in [0.25, 0.3) is 10.4 Å². The maximum Gasteiger partial charge on any atom is 0.411 e. The summed E-state index contributed by atoms with van der Waals surface area (Å²) >= 11 is 1.30. The lowest BCUT2D eigenvalue weighted by atomic mass is 10.2. The highest BCUT2D eigenvalue weighted by atomic mass is 32.1. The molecule has 10 heteroatoms. The second kappa shape index (κ2) is 8.06. The van der Waals surface area contributed by atoms with Gasteiger partial charge in [-0.25, -0.2) is 9.78 Å². The molecule has 0 fully saturated rings. The third kappa shape index (κ3) is 5.78. The van der Waals surface area contributed by atoms with E-state index in [4.69, 9.17) is 0 Å². The summed E-state index contributed by atoms with van der Waals surface area (Å²) in [7, 11) is 0. The number of amides is 2. The molecule has 130 valence electrons. The Morgan fingerprint density at radius 3 is 2.71 bits per heavy atom. The maximum absolute atomic E-state index is 11.9. The van der Waals surface area contributed by atoms with Crippen LogP contribution in [0.2, 0.25) is 0 Å². The van der Waals surface area contributed by atoms with Gasteiger partial charge in [0.1, 0.15) is 6.61 Å². The Balaban J connectivity index is 1.80. The molecule has 2 rings (SSSR count). The molecule has 0 aliphatic heterocycles. The summed E-state index contributed by atoms with van der Waals surface area (Å²) in [5, 5.41) is 5.34. The van der Waals surface area contributed by atoms with Crippen LogP contribution >= 0.6 is 11.3 Å². The first kappa shape index (κ1) is 18.1. The molecule has 24 heavy (non-hydrogen) atoms. The molecule has 0 spiro atoms. The molecule has 0 saturated heterocycles. The Bertz CT molecular complexity index is 676. The van der Waals surface area contributed by atoms with Gasteiger partial charge in [0.15, 0.2) is 5.13 Å². The molecule has 2 aromatic rings. The monoisotopic (exact) mass is 360 g/mol. The van der Waals surface area contributed by atoms with E-state index in [1.807, 2.05) is 19.1 Å². The molecule has 0 saturated carbocycles. The van der Waals surface area contributed by atoms with Gasteiger partial charge in [-0.1, -0.05) is 11.3 Å². The van der Waals surface area contributed by atoms with Gasteiger partial charge in [0, 0.05) is 18.9 Å². The molecule has 0 aromatic carbocycles. The first-order valence-corrected chi connectivity index (χ1v) is 7.74. The van der Waals surface area contributed by atoms with Crippen LogP contribution in [0.1, 0.15) is 5.69 Å². The van der Waals surface area contributed by atoms with Gasteiger partial charge in [-0.05, 0) is 24.6 Å². The second-order valence-corrected chi connectivity index (χ2v) is 5.72. The Labute approximate surface area is 140 Å². The minimum Gasteiger partial charge on any atom is -0.370 e. The number of alkyl halides is 3. The molecule has 0 aliphatic rings. The summed E-state index contributed by atoms with van der Waals surface area (Å²) in [4.78, 5) is 20.8. The van der Waals surface area contributed by atoms with Crippen LogP contribution in [0, 0.1) is 6.92 Å². The molecule has 2 amide bonds. The molecule has 0 unspecified atom stereocenters. The fraction of sp³-hybridized carbons (Fsp3) is 0.357. The van der Waals surface area contributed by atoms with Gasteiger partial charge in [-0.2, -0.15) is 13.2 Å². The highest BCUT2D eigenvalue weighted by Crippen LogP contribution is 2.32. The van der Waals surface area contributed by atoms with Crippen LogP contribution in [0.3, 0.4) is 0 Å². The van der Waals surface area contributed by atoms with E-state index in [0.717, 1.165) is 16.1 Å². The number of halogens is 3. The lowest BCUT2D eigenvalue weighted by molar-refractivity contribution is -0.173. The Morgan fingerprint density at radius 2 is 2.04 bits per heavy atom. The Hall–Kier alpha value is -2.20. The average Bonchev–Trinajstić information content (AvgIpc) is 2.87. The zero-order valence-electron chi connectivity index (χ0n) is 12.7. The van der Waals surface area contributed by atoms with Crippen LogP contribution in [-0.4, -0.2) is 41.9 Å². The van der Waals surface area contributed by atoms with Crippen molar-refractivity contribution in [3.63, 3.8) is 0 Å². The molecular formula is C14H15F3N4O2S. The van der Waals surface area contributed by atoms with Crippen molar-refractivity contribution in [2.45, 2.75) is 13.1 Å². The number of rotatable bonds is 6. The fourth-order valence-corrected chi connectivity index (χ4v) is 2.75. The number of carbonyl (C=O) groups is 1. The number of thiazole rings is 1. The van der Waals surface area contributed by atoms with E-state index in [1.165, 1.54) is 11.3 Å². The van der Waals surface area contributed by atoms with Crippen molar-refractivity contribution in [3.05, 3.63) is 30.2 Å². The second-order valence-electron chi connectivity index (χ2n) is 4.72. The van der Waals surface area contributed by atoms with E-state index in [0.29, 0.717) is 5.13 Å². The Morgan fingerprint density at radius 1 is 1.33 bits per heavy atom. The van der Waals surface area contributed by atoms with Crippen molar-refractivity contribution < 1.29 is 22.7 Å². The lowest BCUT2D eigenvalue weighted by Crippen LogP contribution is -2.32. The number of urea groups is 1. The van der Waals surface area contributed by atoms with Gasteiger partial charge in [-0.15, -0.1) is 0 Å². The molecule has 0 radical (unpaired) electrons. The third-order valence-electron chi connectivity index (χ3n) is 2.76. The van der Waals surface area contributed by atoms with E-state index in [2.05, 4.69) is 25.3 Å². The topological polar surface area (TPSA) is 76.1 Å². The van der Waals surface area contributed by atoms with Gasteiger partial charge in [0.25, 0.3) is 0 Å². The molecular weight excluding hydrogens is 345 g/mol. The molecule has 6 nitrogen and oxygen atoms in total. The number of anilines is 1. The summed E-state index contributed by atoms with van der Waals surface area (Å²) < 4.78 is 40.0. The summed E-state index contributed by atoms with van der Waals surface area (Å²) in [5.41, 5.74) is 1.70. The standard InChI is InChI=1S/C14H15F3N4O2S/c1-9-11(10-2-4-18-5-3-10)24-13(20-9)21-12(22)19-6-7-23-8-14(15,16)17/h2-5H,6-8H2,1H3,(H2,19,20,21,22). The highest BCUT2D eigenvalue weighted by Gasteiger charge is 2.27. The molecule has 2 aromatic heterocycles. The lowest BCUT2D eigenvalue weighted by Gasteiger charge is -2.08. The third-order valence-corrected chi connectivity index (χ3v) is 3.88. The van der Waals surface area contributed by atoms with Gasteiger partial charge in [0.2, 0.25) is 0 Å². The normalized spacial score (nSPS) is 11.3. The number of nitrogens with zero attached hydrogens (tertiary/aromatic N) is 2. The van der Waals surface area contributed by atoms with Crippen molar-refractivity contribution in [2.24, 2.45) is 0 Å². The molecule has 0 atom stereocenters. The van der Waals surface area contributed by atoms with Crippen LogP contribution in [0.5, 0.6) is 0 Å². The van der Waals surface area contributed by atoms with Crippen molar-refractivity contribution in [2.75, 3.05) is 25.1 Å². The van der Waals surface area contributed by atoms with Crippen LogP contribution in [-0.2, 0) is 4.74 Å². The predicted molar refractivity (Wildman–Crippen MR) is 84.0 cm³/mol. The van der Waals surface area contributed by atoms with E-state index in [-0.39, 0.29) is 13.2 Å². The summed E-state index contributed by atoms with van der Waals surface area (Å²) in [5.74, 6) is 0. The smallest absolute Gasteiger partial charge is 0.370 e. The Kier molecular flexibility index (Phi) is 6.10. The molecule has 0 aliphatic carbocycles. The number of aryl methyl sites for hydroxylation is 1. The predicted octanol–water partition coefficient (Wildman–Crippen LogP) is 3.21. The van der Waals surface area contributed by atoms with E-state index >= 15 is 0 Å². The first-order chi connectivity index (χ1) is 11.3. The molecule has 2 N–H and O–H groups in total. The van der Waals surface area contributed by atoms with Gasteiger partial charge in [-0.3, -0.25) is 10.3 Å². The minimum atomic E-state index is -4.37. The van der Waals surface area contributed by atoms with Crippen molar-refractivity contribution >= 4 is 22.5 Å². The van der Waals surface area contributed by atoms with Crippen LogP contribution < -0.4 is 10.6 Å². The van der Waals surface area contributed by atoms with E-state index in [9.17, 15) is 18.0 Å². The van der Waals surface area contributed by atoms with Crippen LogP contribution in [0.4, 0.5) is 23.1 Å². The number of aromatic nitrogens is 2. The van der Waals surface area contributed by atoms with Crippen molar-refractivity contribution in [1.29, 1.82) is 0 Å². The van der Waals surface area contributed by atoms with E-state index in [1.54, 1.807) is 12.4 Å². The first-order valence-electron chi connectivity index (χ1n) is 6.92. The highest BCUT2D eigenvalue weighted by molar-refractivity contribution is 7.19. The minimum absolute atomic E-state index is 0.0382. The number of hydrogen-bond donors (Lipinski definition) is 2. The largest absolute Gasteiger partial charge is 0.411 e. The quantitative estimate of drug-likeness (QED) is 0.776. The number of ether oxygens (including phenoxy) is 1. The van der Waals surface area contributed by atoms with Crippen molar-refractivity contribution in [3.8, 4) is 10.4 Å². The van der Waals surface area contributed by atoms with Crippen LogP contribution in [0.15, 0.2) is 24.5 Å². The number of pyridine rings is 1. The molecule has 2 heterocycles. The summed E-state index contributed by atoms with van der Waals surface area (Å²) in [6.07, 6.45) is -1.05. The number of nitrogens with one attached hydrogen (secondary N) is 2. The zero-order valence-corrected chi connectivity index (χ0v) is 13.5. The van der Waals surface area contributed by atoms with Crippen molar-refractivity contribution in [1.82, 2.24) is 15.3 Å². The number of carbonyl (C=O) groups excluding carboxylic acids is 1. The summed E-state index contributed by atoms with van der Waals surface area (Å²) in [6, 6.07) is 3.12. The van der Waals surface area contributed by atoms with Gasteiger partial charge in [0.05, 0.1) is 17.2 Å². The SMILES string of the molecule is Cc1nc(NC(=O)NCCOCC(F)(F)F)sc1-c1ccncc1. The average molecular weight is 360 g/mol. The van der Waals surface area contributed by atoms with Gasteiger partial charge < -0.3 is 10.1 Å². The fourth-order valence-electron chi connectivity index (χ4n) is 1.79. The zero-order chi connectivity index (χ0) is 17.6. The summed E-state index contributed by atoms with van der Waals surface area (Å²) in [6.45, 7) is 0.215. The number of hydrogen-bond acceptors (Lipinski definition) is 5. The molecule has 0 bridgehead atoms. The van der Waals surface area contributed by atoms with Gasteiger partial charge >= 0.3 is 12.2 Å². The van der Waals surface area contributed by atoms with E-state index < -0.39 is 18.8 Å². The maximum atomic E-state index is 11.9.